The minimum Gasteiger partial charge on any atom is -0.342 e. The predicted octanol–water partition coefficient (Wildman–Crippen LogP) is 1.78. The van der Waals surface area contributed by atoms with E-state index in [0.717, 1.165) is 5.56 Å². The Morgan fingerprint density at radius 1 is 1.33 bits per heavy atom. The number of hydrogen-bond donors (Lipinski definition) is 0. The minimum atomic E-state index is 0.414. The molecule has 5 heteroatoms. The minimum absolute atomic E-state index is 0.414. The second-order valence-corrected chi connectivity index (χ2v) is 2.51. The molecule has 0 aliphatic carbocycles. The SMILES string of the molecule is Clc1cc(-c2ncon2)ccn1. The summed E-state index contributed by atoms with van der Waals surface area (Å²) in [5.74, 6) is 0.513. The highest BCUT2D eigenvalue weighted by Crippen LogP contribution is 2.16. The van der Waals surface area contributed by atoms with Gasteiger partial charge < -0.3 is 4.52 Å². The molecule has 0 fully saturated rings. The molecule has 0 saturated heterocycles. The van der Waals surface area contributed by atoms with Crippen LogP contribution in [0.15, 0.2) is 29.2 Å². The van der Waals surface area contributed by atoms with Gasteiger partial charge in [0.25, 0.3) is 0 Å². The summed E-state index contributed by atoms with van der Waals surface area (Å²) in [6.07, 6.45) is 2.86. The molecule has 0 aliphatic rings. The van der Waals surface area contributed by atoms with Crippen LogP contribution in [0.5, 0.6) is 0 Å². The van der Waals surface area contributed by atoms with Gasteiger partial charge in [0.05, 0.1) is 0 Å². The lowest BCUT2D eigenvalue weighted by Gasteiger charge is -1.92. The van der Waals surface area contributed by atoms with Crippen LogP contribution in [0, 0.1) is 0 Å². The van der Waals surface area contributed by atoms with Crippen molar-refractivity contribution in [3.8, 4) is 11.4 Å². The Kier molecular flexibility index (Phi) is 1.75. The average molecular weight is 182 g/mol. The van der Waals surface area contributed by atoms with Crippen molar-refractivity contribution in [1.29, 1.82) is 0 Å². The molecule has 0 saturated carbocycles. The lowest BCUT2D eigenvalue weighted by atomic mass is 10.3. The molecule has 0 aromatic carbocycles. The van der Waals surface area contributed by atoms with Crippen molar-refractivity contribution in [2.75, 3.05) is 0 Å². The van der Waals surface area contributed by atoms with E-state index in [0.29, 0.717) is 11.0 Å². The van der Waals surface area contributed by atoms with E-state index in [-0.39, 0.29) is 0 Å². The Hall–Kier alpha value is -1.42. The monoisotopic (exact) mass is 181 g/mol. The first kappa shape index (κ1) is 7.24. The molecule has 2 rings (SSSR count). The van der Waals surface area contributed by atoms with E-state index in [9.17, 15) is 0 Å². The van der Waals surface area contributed by atoms with Crippen LogP contribution in [0.25, 0.3) is 11.4 Å². The van der Waals surface area contributed by atoms with Crippen LogP contribution in [-0.4, -0.2) is 15.1 Å². The number of rotatable bonds is 1. The Morgan fingerprint density at radius 2 is 2.25 bits per heavy atom. The van der Waals surface area contributed by atoms with E-state index in [4.69, 9.17) is 11.6 Å². The van der Waals surface area contributed by atoms with Gasteiger partial charge in [-0.1, -0.05) is 16.8 Å². The smallest absolute Gasteiger partial charge is 0.214 e. The van der Waals surface area contributed by atoms with E-state index in [1.807, 2.05) is 0 Å². The highest BCUT2D eigenvalue weighted by Gasteiger charge is 2.02. The Labute approximate surface area is 73.2 Å². The molecule has 60 valence electrons. The van der Waals surface area contributed by atoms with E-state index in [2.05, 4.69) is 19.6 Å². The fraction of sp³-hybridized carbons (Fsp3) is 0. The van der Waals surface area contributed by atoms with Gasteiger partial charge in [-0.2, -0.15) is 4.98 Å². The fourth-order valence-electron chi connectivity index (χ4n) is 0.839. The quantitative estimate of drug-likeness (QED) is 0.630. The molecular formula is C7H4ClN3O. The van der Waals surface area contributed by atoms with Crippen LogP contribution in [0.3, 0.4) is 0 Å². The van der Waals surface area contributed by atoms with Gasteiger partial charge in [0.15, 0.2) is 0 Å². The molecule has 2 aromatic heterocycles. The normalized spacial score (nSPS) is 10.1. The summed E-state index contributed by atoms with van der Waals surface area (Å²) < 4.78 is 4.58. The van der Waals surface area contributed by atoms with Crippen molar-refractivity contribution in [3.05, 3.63) is 29.9 Å². The standard InChI is InChI=1S/C7H4ClN3O/c8-6-3-5(1-2-9-6)7-10-4-12-11-7/h1-4H. The van der Waals surface area contributed by atoms with Crippen LogP contribution in [0.2, 0.25) is 5.15 Å². The summed E-state index contributed by atoms with van der Waals surface area (Å²) in [6.45, 7) is 0. The topological polar surface area (TPSA) is 51.8 Å². The molecule has 12 heavy (non-hydrogen) atoms. The highest BCUT2D eigenvalue weighted by molar-refractivity contribution is 6.29. The molecule has 0 spiro atoms. The average Bonchev–Trinajstić information content (AvgIpc) is 2.56. The van der Waals surface area contributed by atoms with E-state index < -0.39 is 0 Å². The summed E-state index contributed by atoms with van der Waals surface area (Å²) in [5, 5.41) is 4.07. The molecular weight excluding hydrogens is 178 g/mol. The highest BCUT2D eigenvalue weighted by atomic mass is 35.5. The molecule has 0 aliphatic heterocycles. The summed E-state index contributed by atoms with van der Waals surface area (Å²) >= 11 is 5.66. The fourth-order valence-corrected chi connectivity index (χ4v) is 1.01. The molecule has 0 unspecified atom stereocenters. The van der Waals surface area contributed by atoms with Crippen LogP contribution in [-0.2, 0) is 0 Å². The molecule has 0 amide bonds. The van der Waals surface area contributed by atoms with Gasteiger partial charge in [0.2, 0.25) is 12.2 Å². The molecule has 2 heterocycles. The number of aromatic nitrogens is 3. The molecule has 0 N–H and O–H groups in total. The van der Waals surface area contributed by atoms with Gasteiger partial charge in [-0.3, -0.25) is 0 Å². The zero-order valence-electron chi connectivity index (χ0n) is 5.94. The van der Waals surface area contributed by atoms with Crippen LogP contribution in [0.4, 0.5) is 0 Å². The maximum absolute atomic E-state index is 5.66. The van der Waals surface area contributed by atoms with Gasteiger partial charge >= 0.3 is 0 Å². The Balaban J connectivity index is 2.48. The van der Waals surface area contributed by atoms with Gasteiger partial charge in [0.1, 0.15) is 5.15 Å². The van der Waals surface area contributed by atoms with Gasteiger partial charge in [-0.05, 0) is 12.1 Å². The first-order chi connectivity index (χ1) is 5.86. The molecule has 0 bridgehead atoms. The summed E-state index contributed by atoms with van der Waals surface area (Å²) in [4.78, 5) is 7.69. The van der Waals surface area contributed by atoms with Crippen LogP contribution in [0.1, 0.15) is 0 Å². The summed E-state index contributed by atoms with van der Waals surface area (Å²) in [6, 6.07) is 3.43. The van der Waals surface area contributed by atoms with Crippen molar-refractivity contribution in [3.63, 3.8) is 0 Å². The lowest BCUT2D eigenvalue weighted by Crippen LogP contribution is -1.81. The Bertz CT molecular complexity index is 374. The van der Waals surface area contributed by atoms with E-state index in [1.54, 1.807) is 18.3 Å². The number of hydrogen-bond acceptors (Lipinski definition) is 4. The van der Waals surface area contributed by atoms with Crippen LogP contribution >= 0.6 is 11.6 Å². The Morgan fingerprint density at radius 3 is 2.92 bits per heavy atom. The maximum atomic E-state index is 5.66. The predicted molar refractivity (Wildman–Crippen MR) is 42.5 cm³/mol. The second-order valence-electron chi connectivity index (χ2n) is 2.12. The van der Waals surface area contributed by atoms with Crippen molar-refractivity contribution < 1.29 is 4.52 Å². The number of halogens is 1. The zero-order chi connectivity index (χ0) is 8.39. The lowest BCUT2D eigenvalue weighted by molar-refractivity contribution is 0.419. The van der Waals surface area contributed by atoms with Gasteiger partial charge in [0, 0.05) is 11.8 Å². The zero-order valence-corrected chi connectivity index (χ0v) is 6.69. The first-order valence-corrected chi connectivity index (χ1v) is 3.62. The molecule has 2 aromatic rings. The maximum Gasteiger partial charge on any atom is 0.214 e. The third kappa shape index (κ3) is 1.29. The van der Waals surface area contributed by atoms with Crippen molar-refractivity contribution in [1.82, 2.24) is 15.1 Å². The van der Waals surface area contributed by atoms with Gasteiger partial charge in [-0.25, -0.2) is 4.98 Å². The third-order valence-electron chi connectivity index (χ3n) is 1.35. The number of nitrogens with zero attached hydrogens (tertiary/aromatic N) is 3. The summed E-state index contributed by atoms with van der Waals surface area (Å²) in [7, 11) is 0. The molecule has 4 nitrogen and oxygen atoms in total. The number of pyridine rings is 1. The largest absolute Gasteiger partial charge is 0.342 e. The van der Waals surface area contributed by atoms with E-state index >= 15 is 0 Å². The first-order valence-electron chi connectivity index (χ1n) is 3.24. The van der Waals surface area contributed by atoms with Crippen LogP contribution < -0.4 is 0 Å². The van der Waals surface area contributed by atoms with E-state index in [1.165, 1.54) is 6.39 Å². The van der Waals surface area contributed by atoms with Crippen molar-refractivity contribution in [2.45, 2.75) is 0 Å². The third-order valence-corrected chi connectivity index (χ3v) is 1.55. The van der Waals surface area contributed by atoms with Crippen molar-refractivity contribution >= 4 is 11.6 Å². The van der Waals surface area contributed by atoms with Gasteiger partial charge in [-0.15, -0.1) is 0 Å². The molecule has 0 atom stereocenters. The summed E-state index contributed by atoms with van der Waals surface area (Å²) in [5.41, 5.74) is 0.795. The second kappa shape index (κ2) is 2.91. The van der Waals surface area contributed by atoms with Crippen molar-refractivity contribution in [2.24, 2.45) is 0 Å². The molecule has 0 radical (unpaired) electrons.